The molecule has 2 atom stereocenters. The lowest BCUT2D eigenvalue weighted by molar-refractivity contribution is -0.870. The Balaban J connectivity index is 4.35. The minimum absolute atomic E-state index is 0.0331. The SMILES string of the molecule is CCCCCCC/C=C/CCCCCCCC(=O)O[C@H](COC(=O)CCCCCCCCCCCCCCCCC)COP(=O)(O)OCC[N+](C)(C)C. The van der Waals surface area contributed by atoms with Gasteiger partial charge in [-0.25, -0.2) is 4.57 Å². The highest BCUT2D eigenvalue weighted by molar-refractivity contribution is 7.47. The van der Waals surface area contributed by atoms with Gasteiger partial charge in [0.05, 0.1) is 27.7 Å². The van der Waals surface area contributed by atoms with Crippen LogP contribution in [-0.2, 0) is 32.7 Å². The topological polar surface area (TPSA) is 108 Å². The lowest BCUT2D eigenvalue weighted by Gasteiger charge is -2.24. The van der Waals surface area contributed by atoms with Crippen LogP contribution in [0.15, 0.2) is 12.2 Å². The van der Waals surface area contributed by atoms with Gasteiger partial charge in [-0.2, -0.15) is 0 Å². The summed E-state index contributed by atoms with van der Waals surface area (Å²) in [5.74, 6) is -0.799. The van der Waals surface area contributed by atoms with Gasteiger partial charge in [-0.1, -0.05) is 161 Å². The Morgan fingerprint density at radius 2 is 0.962 bits per heavy atom. The molecule has 0 spiro atoms. The van der Waals surface area contributed by atoms with Crippen molar-refractivity contribution < 1.29 is 42.1 Å². The minimum atomic E-state index is -4.37. The molecule has 0 heterocycles. The Hall–Kier alpha value is -1.25. The van der Waals surface area contributed by atoms with Gasteiger partial charge < -0.3 is 18.9 Å². The van der Waals surface area contributed by atoms with E-state index in [0.717, 1.165) is 51.4 Å². The molecule has 314 valence electrons. The summed E-state index contributed by atoms with van der Waals surface area (Å²) in [7, 11) is 1.48. The van der Waals surface area contributed by atoms with Crippen LogP contribution in [0.5, 0.6) is 0 Å². The number of unbranched alkanes of at least 4 members (excludes halogenated alkanes) is 24. The Labute approximate surface area is 326 Å². The summed E-state index contributed by atoms with van der Waals surface area (Å²) in [6, 6.07) is 0. The standard InChI is InChI=1S/C43H84NO8P/c1-6-8-10-12-14-16-18-20-22-24-25-27-29-31-33-35-42(45)49-39-41(40-51-53(47,48)50-38-37-44(3,4)5)52-43(46)36-34-32-30-28-26-23-21-19-17-15-13-11-9-7-2/h19,21,41H,6-18,20,22-40H2,1-5H3/p+1/b21-19+/t41-/m1/s1. The molecule has 0 fully saturated rings. The second-order valence-electron chi connectivity index (χ2n) is 16.1. The van der Waals surface area contributed by atoms with E-state index in [0.29, 0.717) is 23.9 Å². The predicted octanol–water partition coefficient (Wildman–Crippen LogP) is 12.2. The van der Waals surface area contributed by atoms with Crippen molar-refractivity contribution in [2.24, 2.45) is 0 Å². The number of ether oxygens (including phenoxy) is 2. The van der Waals surface area contributed by atoms with Crippen molar-refractivity contribution >= 4 is 19.8 Å². The van der Waals surface area contributed by atoms with Crippen molar-refractivity contribution in [1.29, 1.82) is 0 Å². The van der Waals surface area contributed by atoms with Crippen LogP contribution in [0.2, 0.25) is 0 Å². The summed E-state index contributed by atoms with van der Waals surface area (Å²) in [4.78, 5) is 35.3. The highest BCUT2D eigenvalue weighted by Crippen LogP contribution is 2.43. The van der Waals surface area contributed by atoms with Gasteiger partial charge in [0.15, 0.2) is 6.10 Å². The van der Waals surface area contributed by atoms with Gasteiger partial charge in [0.25, 0.3) is 0 Å². The number of hydrogen-bond donors (Lipinski definition) is 1. The van der Waals surface area contributed by atoms with Gasteiger partial charge in [-0.05, 0) is 38.5 Å². The Bertz CT molecular complexity index is 922. The van der Waals surface area contributed by atoms with Crippen molar-refractivity contribution in [3.63, 3.8) is 0 Å². The van der Waals surface area contributed by atoms with Crippen LogP contribution in [0.25, 0.3) is 0 Å². The van der Waals surface area contributed by atoms with Gasteiger partial charge in [-0.3, -0.25) is 18.6 Å². The van der Waals surface area contributed by atoms with Crippen LogP contribution in [0.1, 0.15) is 200 Å². The third kappa shape index (κ3) is 40.2. The van der Waals surface area contributed by atoms with Gasteiger partial charge >= 0.3 is 19.8 Å². The molecule has 0 saturated carbocycles. The van der Waals surface area contributed by atoms with Crippen molar-refractivity contribution in [2.45, 2.75) is 206 Å². The number of nitrogens with zero attached hydrogens (tertiary/aromatic N) is 1. The van der Waals surface area contributed by atoms with Crippen LogP contribution < -0.4 is 0 Å². The van der Waals surface area contributed by atoms with Gasteiger partial charge in [0.2, 0.25) is 0 Å². The smallest absolute Gasteiger partial charge is 0.462 e. The van der Waals surface area contributed by atoms with E-state index in [-0.39, 0.29) is 25.6 Å². The number of allylic oxidation sites excluding steroid dienone is 2. The third-order valence-corrected chi connectivity index (χ3v) is 10.5. The zero-order valence-corrected chi connectivity index (χ0v) is 36.2. The lowest BCUT2D eigenvalue weighted by Crippen LogP contribution is -2.37. The number of hydrogen-bond acceptors (Lipinski definition) is 7. The number of phosphoric acid groups is 1. The highest BCUT2D eigenvalue weighted by Gasteiger charge is 2.27. The quantitative estimate of drug-likeness (QED) is 0.0215. The Kier molecular flexibility index (Phi) is 35.5. The zero-order valence-electron chi connectivity index (χ0n) is 35.3. The van der Waals surface area contributed by atoms with Gasteiger partial charge in [0.1, 0.15) is 19.8 Å². The molecular weight excluding hydrogens is 689 g/mol. The number of carbonyl (C=O) groups excluding carboxylic acids is 2. The summed E-state index contributed by atoms with van der Waals surface area (Å²) in [6.07, 6.45) is 36.8. The summed E-state index contributed by atoms with van der Waals surface area (Å²) in [5, 5.41) is 0. The normalized spacial score (nSPS) is 13.7. The van der Waals surface area contributed by atoms with E-state index in [1.807, 2.05) is 21.1 Å². The second kappa shape index (κ2) is 36.4. The second-order valence-corrected chi connectivity index (χ2v) is 17.5. The van der Waals surface area contributed by atoms with Gasteiger partial charge in [-0.15, -0.1) is 0 Å². The summed E-state index contributed by atoms with van der Waals surface area (Å²) in [6.45, 7) is 4.42. The number of quaternary nitrogens is 1. The molecule has 0 aliphatic carbocycles. The van der Waals surface area contributed by atoms with Crippen molar-refractivity contribution in [3.05, 3.63) is 12.2 Å². The fourth-order valence-electron chi connectivity index (χ4n) is 6.07. The fourth-order valence-corrected chi connectivity index (χ4v) is 6.81. The number of carbonyl (C=O) groups is 2. The van der Waals surface area contributed by atoms with Gasteiger partial charge in [0, 0.05) is 12.8 Å². The molecule has 0 aromatic carbocycles. The molecule has 10 heteroatoms. The molecule has 0 rings (SSSR count). The Morgan fingerprint density at radius 1 is 0.566 bits per heavy atom. The van der Waals surface area contributed by atoms with E-state index in [4.69, 9.17) is 18.5 Å². The van der Waals surface area contributed by atoms with E-state index in [1.165, 1.54) is 116 Å². The maximum absolute atomic E-state index is 12.7. The molecular formula is C43H85NO8P+. The molecule has 1 unspecified atom stereocenters. The van der Waals surface area contributed by atoms with Crippen LogP contribution in [0.4, 0.5) is 0 Å². The van der Waals surface area contributed by atoms with Crippen molar-refractivity contribution in [2.75, 3.05) is 47.5 Å². The molecule has 0 radical (unpaired) electrons. The molecule has 1 N–H and O–H groups in total. The number of phosphoric ester groups is 1. The molecule has 0 aliphatic heterocycles. The zero-order chi connectivity index (χ0) is 39.3. The molecule has 0 amide bonds. The first kappa shape index (κ1) is 51.8. The van der Waals surface area contributed by atoms with E-state index >= 15 is 0 Å². The van der Waals surface area contributed by atoms with Crippen LogP contribution >= 0.6 is 7.82 Å². The van der Waals surface area contributed by atoms with E-state index < -0.39 is 26.5 Å². The molecule has 9 nitrogen and oxygen atoms in total. The first-order chi connectivity index (χ1) is 25.5. The monoisotopic (exact) mass is 775 g/mol. The highest BCUT2D eigenvalue weighted by atomic mass is 31.2. The largest absolute Gasteiger partial charge is 0.472 e. The molecule has 0 aromatic rings. The molecule has 0 saturated heterocycles. The van der Waals surface area contributed by atoms with E-state index in [2.05, 4.69) is 26.0 Å². The van der Waals surface area contributed by atoms with Crippen LogP contribution in [0.3, 0.4) is 0 Å². The molecule has 0 aliphatic rings. The maximum atomic E-state index is 12.7. The predicted molar refractivity (Wildman–Crippen MR) is 220 cm³/mol. The third-order valence-electron chi connectivity index (χ3n) is 9.55. The minimum Gasteiger partial charge on any atom is -0.462 e. The molecule has 0 aromatic heterocycles. The molecule has 0 bridgehead atoms. The lowest BCUT2D eigenvalue weighted by atomic mass is 10.0. The summed E-state index contributed by atoms with van der Waals surface area (Å²) in [5.41, 5.74) is 0. The molecule has 53 heavy (non-hydrogen) atoms. The first-order valence-corrected chi connectivity index (χ1v) is 23.4. The average Bonchev–Trinajstić information content (AvgIpc) is 3.10. The maximum Gasteiger partial charge on any atom is 0.472 e. The summed E-state index contributed by atoms with van der Waals surface area (Å²) < 4.78 is 34.3. The average molecular weight is 775 g/mol. The van der Waals surface area contributed by atoms with Crippen molar-refractivity contribution in [1.82, 2.24) is 0 Å². The van der Waals surface area contributed by atoms with Crippen LogP contribution in [0, 0.1) is 0 Å². The van der Waals surface area contributed by atoms with Crippen molar-refractivity contribution in [3.8, 4) is 0 Å². The Morgan fingerprint density at radius 3 is 1.40 bits per heavy atom. The fraction of sp³-hybridized carbons (Fsp3) is 0.907. The first-order valence-electron chi connectivity index (χ1n) is 21.9. The number of esters is 2. The van der Waals surface area contributed by atoms with E-state index in [1.54, 1.807) is 0 Å². The number of likely N-dealkylation sites (N-methyl/N-ethyl adjacent to an activating group) is 1. The van der Waals surface area contributed by atoms with Crippen LogP contribution in [-0.4, -0.2) is 74.9 Å². The summed E-state index contributed by atoms with van der Waals surface area (Å²) >= 11 is 0. The van der Waals surface area contributed by atoms with E-state index in [9.17, 15) is 19.0 Å². The number of rotatable bonds is 40.